The summed E-state index contributed by atoms with van der Waals surface area (Å²) in [5, 5.41) is 6.84. The third-order valence-electron chi connectivity index (χ3n) is 3.47. The lowest BCUT2D eigenvalue weighted by Crippen LogP contribution is -2.38. The number of aromatic nitrogens is 2. The summed E-state index contributed by atoms with van der Waals surface area (Å²) in [5.41, 5.74) is 7.29. The first-order valence-electron chi connectivity index (χ1n) is 7.26. The first-order valence-corrected chi connectivity index (χ1v) is 7.26. The van der Waals surface area contributed by atoms with Gasteiger partial charge in [-0.2, -0.15) is 5.10 Å². The van der Waals surface area contributed by atoms with Gasteiger partial charge in [0.15, 0.2) is 5.69 Å². The summed E-state index contributed by atoms with van der Waals surface area (Å²) in [7, 11) is 0. The Balaban J connectivity index is 2.17. The van der Waals surface area contributed by atoms with Crippen molar-refractivity contribution < 1.29 is 14.3 Å². The van der Waals surface area contributed by atoms with Gasteiger partial charge in [-0.25, -0.2) is 0 Å². The van der Waals surface area contributed by atoms with Crippen molar-refractivity contribution in [3.05, 3.63) is 11.4 Å². The summed E-state index contributed by atoms with van der Waals surface area (Å²) in [4.78, 5) is 25.7. The van der Waals surface area contributed by atoms with Crippen molar-refractivity contribution in [3.8, 4) is 0 Å². The average Bonchev–Trinajstić information content (AvgIpc) is 3.18. The van der Waals surface area contributed by atoms with Crippen molar-refractivity contribution in [2.45, 2.75) is 45.6 Å². The Morgan fingerprint density at radius 3 is 2.62 bits per heavy atom. The Morgan fingerprint density at radius 2 is 2.14 bits per heavy atom. The molecule has 21 heavy (non-hydrogen) atoms. The summed E-state index contributed by atoms with van der Waals surface area (Å²) < 4.78 is 4.92. The van der Waals surface area contributed by atoms with E-state index in [2.05, 4.69) is 10.2 Å². The number of nitrogens with one attached hydrogen (secondary N) is 1. The fourth-order valence-corrected chi connectivity index (χ4v) is 2.20. The van der Waals surface area contributed by atoms with Gasteiger partial charge in [-0.15, -0.1) is 0 Å². The minimum absolute atomic E-state index is 0.0549. The van der Waals surface area contributed by atoms with Crippen molar-refractivity contribution >= 4 is 17.6 Å². The van der Waals surface area contributed by atoms with Crippen LogP contribution in [0.2, 0.25) is 0 Å². The van der Waals surface area contributed by atoms with Gasteiger partial charge >= 0.3 is 5.97 Å². The van der Waals surface area contributed by atoms with E-state index >= 15 is 0 Å². The van der Waals surface area contributed by atoms with E-state index in [1.54, 1.807) is 6.92 Å². The van der Waals surface area contributed by atoms with Crippen molar-refractivity contribution in [3.63, 3.8) is 0 Å². The van der Waals surface area contributed by atoms with Gasteiger partial charge in [0.2, 0.25) is 0 Å². The summed E-state index contributed by atoms with van der Waals surface area (Å²) in [5.74, 6) is -0.569. The number of nitrogens with two attached hydrogens (primary N) is 1. The highest BCUT2D eigenvalue weighted by Gasteiger charge is 2.36. The molecule has 3 N–H and O–H groups in total. The van der Waals surface area contributed by atoms with E-state index in [1.807, 2.05) is 13.8 Å². The van der Waals surface area contributed by atoms with E-state index in [-0.39, 0.29) is 30.1 Å². The van der Waals surface area contributed by atoms with E-state index in [4.69, 9.17) is 10.5 Å². The molecule has 1 aliphatic carbocycles. The van der Waals surface area contributed by atoms with E-state index in [0.717, 1.165) is 18.5 Å². The fourth-order valence-electron chi connectivity index (χ4n) is 2.20. The third kappa shape index (κ3) is 3.34. The van der Waals surface area contributed by atoms with Crippen molar-refractivity contribution in [1.29, 1.82) is 0 Å². The van der Waals surface area contributed by atoms with Crippen LogP contribution in [0, 0.1) is 0 Å². The molecule has 7 nitrogen and oxygen atoms in total. The summed E-state index contributed by atoms with van der Waals surface area (Å²) >= 11 is 0. The van der Waals surface area contributed by atoms with Gasteiger partial charge < -0.3 is 15.4 Å². The Labute approximate surface area is 123 Å². The lowest BCUT2D eigenvalue weighted by molar-refractivity contribution is -0.144. The van der Waals surface area contributed by atoms with E-state index in [0.29, 0.717) is 12.3 Å². The number of anilines is 1. The van der Waals surface area contributed by atoms with Crippen LogP contribution in [-0.4, -0.2) is 46.2 Å². The van der Waals surface area contributed by atoms with E-state index in [9.17, 15) is 9.59 Å². The summed E-state index contributed by atoms with van der Waals surface area (Å²) in [6, 6.07) is 0.0838. The SMILES string of the molecule is CCOC(=O)CN(C(=O)c1n[nH]c(C(C)C)c1N)C1CC1. The number of amides is 1. The molecule has 0 saturated heterocycles. The zero-order valence-corrected chi connectivity index (χ0v) is 12.7. The smallest absolute Gasteiger partial charge is 0.325 e. The number of aromatic amines is 1. The van der Waals surface area contributed by atoms with Gasteiger partial charge in [0.05, 0.1) is 18.0 Å². The second-order valence-electron chi connectivity index (χ2n) is 5.52. The first-order chi connectivity index (χ1) is 9.95. The quantitative estimate of drug-likeness (QED) is 0.770. The molecule has 0 atom stereocenters. The molecule has 1 aromatic rings. The molecule has 1 fully saturated rings. The van der Waals surface area contributed by atoms with Crippen molar-refractivity contribution in [2.24, 2.45) is 0 Å². The standard InChI is InChI=1S/C14H22N4O3/c1-4-21-10(19)7-18(9-5-6-9)14(20)13-11(15)12(8(2)3)16-17-13/h8-9H,4-7,15H2,1-3H3,(H,16,17). The fraction of sp³-hybridized carbons (Fsp3) is 0.643. The summed E-state index contributed by atoms with van der Waals surface area (Å²) in [6.45, 7) is 5.92. The van der Waals surface area contributed by atoms with Crippen LogP contribution in [0.25, 0.3) is 0 Å². The third-order valence-corrected chi connectivity index (χ3v) is 3.47. The minimum Gasteiger partial charge on any atom is -0.465 e. The van der Waals surface area contributed by atoms with Gasteiger partial charge in [-0.05, 0) is 25.7 Å². The Morgan fingerprint density at radius 1 is 1.48 bits per heavy atom. The van der Waals surface area contributed by atoms with Gasteiger partial charge in [-0.1, -0.05) is 13.8 Å². The molecule has 1 heterocycles. The largest absolute Gasteiger partial charge is 0.465 e. The number of hydrogen-bond donors (Lipinski definition) is 2. The molecule has 0 radical (unpaired) electrons. The maximum absolute atomic E-state index is 12.6. The molecule has 7 heteroatoms. The molecule has 1 amide bonds. The maximum atomic E-state index is 12.6. The molecule has 1 aromatic heterocycles. The average molecular weight is 294 g/mol. The lowest BCUT2D eigenvalue weighted by atomic mass is 10.1. The normalized spacial score (nSPS) is 14.3. The van der Waals surface area contributed by atoms with Crippen molar-refractivity contribution in [2.75, 3.05) is 18.9 Å². The zero-order chi connectivity index (χ0) is 15.6. The predicted octanol–water partition coefficient (Wildman–Crippen LogP) is 1.28. The number of carbonyl (C=O) groups is 2. The number of nitrogen functional groups attached to an aromatic ring is 1. The van der Waals surface area contributed by atoms with Crippen LogP contribution in [0.4, 0.5) is 5.69 Å². The Bertz CT molecular complexity index is 534. The number of ether oxygens (including phenoxy) is 1. The highest BCUT2D eigenvalue weighted by molar-refractivity contribution is 5.99. The number of rotatable bonds is 6. The Hall–Kier alpha value is -2.05. The number of H-pyrrole nitrogens is 1. The molecular weight excluding hydrogens is 272 g/mol. The van der Waals surface area contributed by atoms with Gasteiger partial charge in [0, 0.05) is 6.04 Å². The van der Waals surface area contributed by atoms with E-state index in [1.165, 1.54) is 4.90 Å². The number of hydrogen-bond acceptors (Lipinski definition) is 5. The second-order valence-corrected chi connectivity index (χ2v) is 5.52. The van der Waals surface area contributed by atoms with Crippen LogP contribution in [0.15, 0.2) is 0 Å². The molecule has 116 valence electrons. The molecule has 1 saturated carbocycles. The topological polar surface area (TPSA) is 101 Å². The number of esters is 1. The number of nitrogens with zero attached hydrogens (tertiary/aromatic N) is 2. The van der Waals surface area contributed by atoms with Gasteiger partial charge in [-0.3, -0.25) is 14.7 Å². The van der Waals surface area contributed by atoms with Crippen LogP contribution in [0.5, 0.6) is 0 Å². The molecule has 0 bridgehead atoms. The first kappa shape index (κ1) is 15.3. The molecule has 2 rings (SSSR count). The highest BCUT2D eigenvalue weighted by Crippen LogP contribution is 2.30. The second kappa shape index (κ2) is 6.15. The highest BCUT2D eigenvalue weighted by atomic mass is 16.5. The van der Waals surface area contributed by atoms with Gasteiger partial charge in [0.25, 0.3) is 5.91 Å². The van der Waals surface area contributed by atoms with Crippen LogP contribution in [0.1, 0.15) is 55.7 Å². The molecular formula is C14H22N4O3. The van der Waals surface area contributed by atoms with Crippen LogP contribution < -0.4 is 5.73 Å². The summed E-state index contributed by atoms with van der Waals surface area (Å²) in [6.07, 6.45) is 1.79. The molecule has 0 spiro atoms. The Kier molecular flexibility index (Phi) is 4.50. The number of carbonyl (C=O) groups excluding carboxylic acids is 2. The maximum Gasteiger partial charge on any atom is 0.325 e. The monoisotopic (exact) mass is 294 g/mol. The molecule has 1 aliphatic rings. The molecule has 0 aromatic carbocycles. The molecule has 0 aliphatic heterocycles. The van der Waals surface area contributed by atoms with Crippen LogP contribution >= 0.6 is 0 Å². The lowest BCUT2D eigenvalue weighted by Gasteiger charge is -2.20. The van der Waals surface area contributed by atoms with E-state index < -0.39 is 5.97 Å². The van der Waals surface area contributed by atoms with Crippen molar-refractivity contribution in [1.82, 2.24) is 15.1 Å². The predicted molar refractivity (Wildman–Crippen MR) is 77.8 cm³/mol. The minimum atomic E-state index is -0.407. The zero-order valence-electron chi connectivity index (χ0n) is 12.7. The van der Waals surface area contributed by atoms with Gasteiger partial charge in [0.1, 0.15) is 6.54 Å². The van der Waals surface area contributed by atoms with Crippen LogP contribution in [-0.2, 0) is 9.53 Å². The van der Waals surface area contributed by atoms with Crippen LogP contribution in [0.3, 0.4) is 0 Å². The molecule has 0 unspecified atom stereocenters.